The first-order valence-electron chi connectivity index (χ1n) is 13.5. The Labute approximate surface area is 225 Å². The van der Waals surface area contributed by atoms with Crippen LogP contribution in [0.5, 0.6) is 0 Å². The van der Waals surface area contributed by atoms with Crippen LogP contribution in [-0.2, 0) is 4.79 Å². The van der Waals surface area contributed by atoms with E-state index < -0.39 is 0 Å². The van der Waals surface area contributed by atoms with Crippen LogP contribution in [0, 0.1) is 0 Å². The Hall–Kier alpha value is -5.01. The van der Waals surface area contributed by atoms with E-state index in [9.17, 15) is 4.79 Å². The molecule has 1 aliphatic carbocycles. The summed E-state index contributed by atoms with van der Waals surface area (Å²) in [5, 5.41) is 18.1. The van der Waals surface area contributed by atoms with Gasteiger partial charge in [-0.3, -0.25) is 4.79 Å². The van der Waals surface area contributed by atoms with Gasteiger partial charge in [0.1, 0.15) is 0 Å². The minimum absolute atomic E-state index is 0.188. The van der Waals surface area contributed by atoms with Crippen LogP contribution in [0.4, 0.5) is 0 Å². The molecule has 1 heteroatoms. The minimum atomic E-state index is 0.188. The molecule has 0 radical (unpaired) electrons. The number of hydrogen-bond donors (Lipinski definition) is 0. The van der Waals surface area contributed by atoms with Crippen LogP contribution in [-0.4, -0.2) is 5.78 Å². The lowest BCUT2D eigenvalue weighted by atomic mass is 9.90. The zero-order valence-electron chi connectivity index (χ0n) is 21.3. The third-order valence-corrected chi connectivity index (χ3v) is 8.18. The number of fused-ring (bicyclic) bond motifs is 6. The van der Waals surface area contributed by atoms with Crippen LogP contribution in [0.25, 0.3) is 76.8 Å². The fourth-order valence-corrected chi connectivity index (χ4v) is 6.41. The lowest BCUT2D eigenvalue weighted by Gasteiger charge is -2.13. The fraction of sp³-hybridized carbons (Fsp3) is 0.0263. The largest absolute Gasteiger partial charge is 0.294 e. The van der Waals surface area contributed by atoms with E-state index in [1.54, 1.807) is 6.08 Å². The Morgan fingerprint density at radius 3 is 1.54 bits per heavy atom. The van der Waals surface area contributed by atoms with Crippen molar-refractivity contribution < 1.29 is 4.79 Å². The van der Waals surface area contributed by atoms with Crippen molar-refractivity contribution in [2.75, 3.05) is 0 Å². The second kappa shape index (κ2) is 8.51. The van der Waals surface area contributed by atoms with Crippen LogP contribution in [0.2, 0.25) is 0 Å². The predicted octanol–water partition coefficient (Wildman–Crippen LogP) is 8.26. The molecule has 1 aliphatic rings. The first-order chi connectivity index (χ1) is 19.2. The second-order valence-electron chi connectivity index (χ2n) is 10.4. The van der Waals surface area contributed by atoms with E-state index in [1.165, 1.54) is 69.9 Å². The second-order valence-corrected chi connectivity index (χ2v) is 10.4. The molecule has 1 nitrogen and oxygen atoms in total. The molecule has 0 unspecified atom stereocenters. The molecule has 0 heterocycles. The molecule has 0 fully saturated rings. The zero-order valence-corrected chi connectivity index (χ0v) is 21.3. The maximum Gasteiger partial charge on any atom is 0.160 e. The monoisotopic (exact) mass is 496 g/mol. The van der Waals surface area contributed by atoms with Gasteiger partial charge in [-0.15, -0.1) is 0 Å². The van der Waals surface area contributed by atoms with Crippen molar-refractivity contribution in [3.05, 3.63) is 132 Å². The van der Waals surface area contributed by atoms with Gasteiger partial charge >= 0.3 is 0 Å². The van der Waals surface area contributed by atoms with Crippen LogP contribution < -0.4 is 10.4 Å². The molecule has 9 rings (SSSR count). The van der Waals surface area contributed by atoms with Crippen molar-refractivity contribution in [1.29, 1.82) is 0 Å². The van der Waals surface area contributed by atoms with Gasteiger partial charge < -0.3 is 0 Å². The third-order valence-electron chi connectivity index (χ3n) is 8.18. The van der Waals surface area contributed by atoms with E-state index >= 15 is 0 Å². The highest BCUT2D eigenvalue weighted by Gasteiger charge is 2.11. The molecule has 0 spiro atoms. The average molecular weight is 497 g/mol. The van der Waals surface area contributed by atoms with E-state index in [0.717, 1.165) is 5.22 Å². The highest BCUT2D eigenvalue weighted by Crippen LogP contribution is 2.39. The number of rotatable bonds is 0. The van der Waals surface area contributed by atoms with E-state index in [4.69, 9.17) is 0 Å². The van der Waals surface area contributed by atoms with Crippen molar-refractivity contribution in [1.82, 2.24) is 0 Å². The summed E-state index contributed by atoms with van der Waals surface area (Å²) >= 11 is 0. The van der Waals surface area contributed by atoms with Gasteiger partial charge in [-0.1, -0.05) is 115 Å². The van der Waals surface area contributed by atoms with Crippen LogP contribution >= 0.6 is 0 Å². The molecule has 0 saturated heterocycles. The zero-order chi connectivity index (χ0) is 25.9. The molecule has 182 valence electrons. The SMILES string of the molecule is O=C1C=c2cc3ccc4ccccc4c3cc2=CC1.c1cc2cccc3c4cccc5cccc(c(c1)c23)c54. The predicted molar refractivity (Wildman–Crippen MR) is 167 cm³/mol. The van der Waals surface area contributed by atoms with Crippen molar-refractivity contribution in [3.63, 3.8) is 0 Å². The van der Waals surface area contributed by atoms with Crippen molar-refractivity contribution in [3.8, 4) is 0 Å². The maximum atomic E-state index is 11.5. The quantitative estimate of drug-likeness (QED) is 0.153. The molecular formula is C38H24O. The Bertz CT molecular complexity index is 2210. The van der Waals surface area contributed by atoms with Gasteiger partial charge in [0, 0.05) is 6.42 Å². The summed E-state index contributed by atoms with van der Waals surface area (Å²) in [6.07, 6.45) is 4.30. The van der Waals surface area contributed by atoms with Gasteiger partial charge in [-0.25, -0.2) is 0 Å². The number of carbonyl (C=O) groups excluding carboxylic acids is 1. The molecule has 0 bridgehead atoms. The lowest BCUT2D eigenvalue weighted by molar-refractivity contribution is -0.112. The average Bonchev–Trinajstić information content (AvgIpc) is 2.99. The van der Waals surface area contributed by atoms with E-state index in [2.05, 4.69) is 121 Å². The Morgan fingerprint density at radius 1 is 0.410 bits per heavy atom. The maximum absolute atomic E-state index is 11.5. The Morgan fingerprint density at radius 2 is 0.923 bits per heavy atom. The molecule has 0 N–H and O–H groups in total. The molecule has 8 aromatic rings. The third kappa shape index (κ3) is 3.44. The van der Waals surface area contributed by atoms with Gasteiger partial charge in [0.05, 0.1) is 0 Å². The van der Waals surface area contributed by atoms with Gasteiger partial charge in [0.15, 0.2) is 5.78 Å². The van der Waals surface area contributed by atoms with Gasteiger partial charge in [-0.05, 0) is 93.3 Å². The molecule has 0 aromatic heterocycles. The van der Waals surface area contributed by atoms with Crippen molar-refractivity contribution in [2.45, 2.75) is 6.42 Å². The summed E-state index contributed by atoms with van der Waals surface area (Å²) in [7, 11) is 0. The highest BCUT2D eigenvalue weighted by atomic mass is 16.1. The first kappa shape index (κ1) is 22.0. The number of Topliss-reactive ketones (excluding diaryl/α,β-unsaturated/α-hetero) is 1. The molecule has 0 aliphatic heterocycles. The molecule has 8 aromatic carbocycles. The summed E-state index contributed by atoms with van der Waals surface area (Å²) in [4.78, 5) is 11.5. The number of benzene rings is 8. The summed E-state index contributed by atoms with van der Waals surface area (Å²) < 4.78 is 0. The summed E-state index contributed by atoms with van der Waals surface area (Å²) in [5.41, 5.74) is 0. The molecule has 0 amide bonds. The minimum Gasteiger partial charge on any atom is -0.294 e. The number of carbonyl (C=O) groups is 1. The molecule has 39 heavy (non-hydrogen) atoms. The van der Waals surface area contributed by atoms with Gasteiger partial charge in [-0.2, -0.15) is 0 Å². The topological polar surface area (TPSA) is 17.1 Å². The first-order valence-corrected chi connectivity index (χ1v) is 13.5. The van der Waals surface area contributed by atoms with Crippen molar-refractivity contribution >= 4 is 82.6 Å². The Balaban J connectivity index is 0.000000121. The molecule has 0 saturated carbocycles. The molecular weight excluding hydrogens is 472 g/mol. The van der Waals surface area contributed by atoms with Crippen LogP contribution in [0.1, 0.15) is 6.42 Å². The number of hydrogen-bond acceptors (Lipinski definition) is 1. The Kier molecular flexibility index (Phi) is 4.80. The van der Waals surface area contributed by atoms with E-state index in [1.807, 2.05) is 6.08 Å². The van der Waals surface area contributed by atoms with Crippen LogP contribution in [0.3, 0.4) is 0 Å². The van der Waals surface area contributed by atoms with Crippen LogP contribution in [0.15, 0.2) is 121 Å². The van der Waals surface area contributed by atoms with E-state index in [0.29, 0.717) is 6.42 Å². The van der Waals surface area contributed by atoms with Crippen molar-refractivity contribution in [2.24, 2.45) is 0 Å². The molecule has 0 atom stereocenters. The lowest BCUT2D eigenvalue weighted by Crippen LogP contribution is -2.28. The van der Waals surface area contributed by atoms with E-state index in [-0.39, 0.29) is 5.78 Å². The summed E-state index contributed by atoms with van der Waals surface area (Å²) in [5.74, 6) is 0.188. The fourth-order valence-electron chi connectivity index (χ4n) is 6.41. The highest BCUT2D eigenvalue weighted by molar-refractivity contribution is 6.32. The van der Waals surface area contributed by atoms with Gasteiger partial charge in [0.2, 0.25) is 0 Å². The van der Waals surface area contributed by atoms with Gasteiger partial charge in [0.25, 0.3) is 0 Å². The number of ketones is 1. The summed E-state index contributed by atoms with van der Waals surface area (Å²) in [6, 6.07) is 43.5. The summed E-state index contributed by atoms with van der Waals surface area (Å²) in [6.45, 7) is 0. The standard InChI is InChI=1S/C20H12.C18H12O/c1-5-13-6-2-11-17-18-12-4-8-14-7-3-10-16(20(14)18)15(9-1)19(13)17;19-16-8-7-13-11-18-14(9-15(13)10-16)6-5-12-3-1-2-4-17(12)18/h1-12H;1-7,9-11H,8H2. The normalized spacial score (nSPS) is 13.0. The smallest absolute Gasteiger partial charge is 0.160 e.